The zero-order valence-electron chi connectivity index (χ0n) is 15.1. The van der Waals surface area contributed by atoms with Crippen LogP contribution in [0.15, 0.2) is 53.9 Å². The third-order valence-corrected chi connectivity index (χ3v) is 6.04. The lowest BCUT2D eigenvalue weighted by molar-refractivity contribution is 0.0655. The number of nitrogens with zero attached hydrogens (tertiary/aromatic N) is 3. The van der Waals surface area contributed by atoms with Gasteiger partial charge in [0, 0.05) is 29.5 Å². The molecule has 144 valence electrons. The highest BCUT2D eigenvalue weighted by atomic mass is 32.1. The van der Waals surface area contributed by atoms with Crippen LogP contribution in [0.4, 0.5) is 5.13 Å². The molecule has 0 fully saturated rings. The molecule has 1 unspecified atom stereocenters. The van der Waals surface area contributed by atoms with Gasteiger partial charge in [-0.05, 0) is 18.2 Å². The molecule has 0 radical (unpaired) electrons. The Morgan fingerprint density at radius 1 is 0.897 bits per heavy atom. The summed E-state index contributed by atoms with van der Waals surface area (Å²) in [6.45, 7) is 0.201. The first-order valence-electron chi connectivity index (χ1n) is 9.06. The average molecular weight is 405 g/mol. The van der Waals surface area contributed by atoms with E-state index in [0.717, 1.165) is 0 Å². The van der Waals surface area contributed by atoms with Gasteiger partial charge >= 0.3 is 0 Å². The number of aliphatic hydroxyl groups is 1. The fourth-order valence-electron chi connectivity index (χ4n) is 3.68. The Balaban J connectivity index is 1.32. The Morgan fingerprint density at radius 2 is 1.52 bits per heavy atom. The molecule has 1 atom stereocenters. The SMILES string of the molecule is O=C1c2ccccc2C(=O)N1CCc1csc(N2C(=O)c3ccccc3C2O)n1. The smallest absolute Gasteiger partial charge is 0.262 e. The summed E-state index contributed by atoms with van der Waals surface area (Å²) in [5.74, 6) is -0.905. The lowest BCUT2D eigenvalue weighted by atomic mass is 10.1. The molecule has 2 aliphatic rings. The highest BCUT2D eigenvalue weighted by Crippen LogP contribution is 2.37. The highest BCUT2D eigenvalue weighted by molar-refractivity contribution is 7.14. The van der Waals surface area contributed by atoms with E-state index in [1.807, 2.05) is 0 Å². The van der Waals surface area contributed by atoms with Gasteiger partial charge in [0.1, 0.15) is 0 Å². The average Bonchev–Trinajstić information content (AvgIpc) is 3.37. The second-order valence-electron chi connectivity index (χ2n) is 6.82. The molecular formula is C21H15N3O4S. The lowest BCUT2D eigenvalue weighted by Crippen LogP contribution is -2.31. The molecule has 3 heterocycles. The Labute approximate surface area is 169 Å². The molecule has 0 saturated heterocycles. The van der Waals surface area contributed by atoms with Gasteiger partial charge in [-0.15, -0.1) is 11.3 Å². The first-order chi connectivity index (χ1) is 14.1. The maximum atomic E-state index is 12.6. The summed E-state index contributed by atoms with van der Waals surface area (Å²) in [6.07, 6.45) is -0.707. The number of thiazole rings is 1. The summed E-state index contributed by atoms with van der Waals surface area (Å²) in [5, 5.41) is 12.7. The molecule has 5 rings (SSSR count). The molecule has 1 aromatic heterocycles. The molecule has 7 nitrogen and oxygen atoms in total. The van der Waals surface area contributed by atoms with Crippen LogP contribution in [0, 0.1) is 0 Å². The van der Waals surface area contributed by atoms with E-state index < -0.39 is 6.23 Å². The van der Waals surface area contributed by atoms with Gasteiger partial charge in [-0.25, -0.2) is 4.98 Å². The normalized spacial score (nSPS) is 17.8. The van der Waals surface area contributed by atoms with Crippen molar-refractivity contribution >= 4 is 34.2 Å². The Hall–Kier alpha value is -3.36. The van der Waals surface area contributed by atoms with Crippen LogP contribution in [-0.4, -0.2) is 39.3 Å². The van der Waals surface area contributed by atoms with Crippen molar-refractivity contribution in [1.29, 1.82) is 0 Å². The minimum absolute atomic E-state index is 0.201. The minimum atomic E-state index is -1.08. The van der Waals surface area contributed by atoms with Crippen molar-refractivity contribution in [2.45, 2.75) is 12.6 Å². The van der Waals surface area contributed by atoms with Crippen molar-refractivity contribution < 1.29 is 19.5 Å². The Morgan fingerprint density at radius 3 is 2.17 bits per heavy atom. The fraction of sp³-hybridized carbons (Fsp3) is 0.143. The zero-order valence-corrected chi connectivity index (χ0v) is 15.9. The number of benzene rings is 2. The number of carbonyl (C=O) groups excluding carboxylic acids is 3. The summed E-state index contributed by atoms with van der Waals surface area (Å²) in [7, 11) is 0. The van der Waals surface area contributed by atoms with Crippen LogP contribution in [0.2, 0.25) is 0 Å². The van der Waals surface area contributed by atoms with E-state index in [2.05, 4.69) is 4.98 Å². The standard InChI is InChI=1S/C21H15N3O4S/c25-17-13-5-1-2-6-14(13)18(26)23(17)10-9-12-11-29-21(22-12)24-19(27)15-7-3-4-8-16(15)20(24)28/h1-8,11,19,27H,9-10H2. The van der Waals surface area contributed by atoms with Gasteiger partial charge in [-0.1, -0.05) is 30.3 Å². The predicted octanol–water partition coefficient (Wildman–Crippen LogP) is 2.63. The summed E-state index contributed by atoms with van der Waals surface area (Å²) in [6, 6.07) is 13.7. The number of amides is 3. The number of imide groups is 1. The van der Waals surface area contributed by atoms with Crippen molar-refractivity contribution in [3.05, 3.63) is 81.9 Å². The Bertz CT molecular complexity index is 1140. The van der Waals surface area contributed by atoms with Crippen LogP contribution in [0.1, 0.15) is 48.6 Å². The van der Waals surface area contributed by atoms with Crippen LogP contribution in [-0.2, 0) is 6.42 Å². The summed E-state index contributed by atoms with van der Waals surface area (Å²) in [5.41, 5.74) is 2.50. The van der Waals surface area contributed by atoms with Gasteiger partial charge in [0.2, 0.25) is 0 Å². The number of aromatic nitrogens is 1. The van der Waals surface area contributed by atoms with Crippen molar-refractivity contribution in [2.24, 2.45) is 0 Å². The van der Waals surface area contributed by atoms with E-state index in [4.69, 9.17) is 0 Å². The molecule has 8 heteroatoms. The van der Waals surface area contributed by atoms with Crippen LogP contribution >= 0.6 is 11.3 Å². The number of anilines is 1. The third kappa shape index (κ3) is 2.68. The van der Waals surface area contributed by atoms with Crippen molar-refractivity contribution in [3.8, 4) is 0 Å². The van der Waals surface area contributed by atoms with Crippen LogP contribution in [0.5, 0.6) is 0 Å². The number of aliphatic hydroxyl groups excluding tert-OH is 1. The number of hydrogen-bond acceptors (Lipinski definition) is 6. The maximum Gasteiger partial charge on any atom is 0.262 e. The second kappa shape index (κ2) is 6.61. The van der Waals surface area contributed by atoms with E-state index in [0.29, 0.717) is 39.5 Å². The van der Waals surface area contributed by atoms with E-state index >= 15 is 0 Å². The quantitative estimate of drug-likeness (QED) is 0.674. The molecule has 3 amide bonds. The van der Waals surface area contributed by atoms with Gasteiger partial charge in [0.25, 0.3) is 17.7 Å². The number of fused-ring (bicyclic) bond motifs is 2. The first kappa shape index (κ1) is 17.7. The highest BCUT2D eigenvalue weighted by Gasteiger charge is 2.38. The number of carbonyl (C=O) groups is 3. The van der Waals surface area contributed by atoms with Crippen molar-refractivity contribution in [3.63, 3.8) is 0 Å². The molecule has 2 aliphatic heterocycles. The zero-order chi connectivity index (χ0) is 20.1. The minimum Gasteiger partial charge on any atom is -0.369 e. The van der Waals surface area contributed by atoms with Gasteiger partial charge in [-0.2, -0.15) is 0 Å². The van der Waals surface area contributed by atoms with E-state index in [1.165, 1.54) is 21.1 Å². The molecule has 0 aliphatic carbocycles. The van der Waals surface area contributed by atoms with Gasteiger partial charge < -0.3 is 5.11 Å². The van der Waals surface area contributed by atoms with Crippen molar-refractivity contribution in [1.82, 2.24) is 9.88 Å². The molecule has 0 bridgehead atoms. The van der Waals surface area contributed by atoms with Gasteiger partial charge in [0.05, 0.1) is 16.8 Å². The van der Waals surface area contributed by atoms with E-state index in [9.17, 15) is 19.5 Å². The molecule has 1 N–H and O–H groups in total. The first-order valence-corrected chi connectivity index (χ1v) is 9.94. The maximum absolute atomic E-state index is 12.6. The summed E-state index contributed by atoms with van der Waals surface area (Å²) < 4.78 is 0. The topological polar surface area (TPSA) is 90.8 Å². The monoisotopic (exact) mass is 405 g/mol. The summed E-state index contributed by atoms with van der Waals surface area (Å²) >= 11 is 1.24. The second-order valence-corrected chi connectivity index (χ2v) is 7.65. The van der Waals surface area contributed by atoms with Crippen molar-refractivity contribution in [2.75, 3.05) is 11.4 Å². The fourth-order valence-corrected chi connectivity index (χ4v) is 4.56. The van der Waals surface area contributed by atoms with E-state index in [1.54, 1.807) is 53.9 Å². The predicted molar refractivity (Wildman–Crippen MR) is 106 cm³/mol. The molecule has 3 aromatic rings. The van der Waals surface area contributed by atoms with Crippen LogP contribution < -0.4 is 4.90 Å². The lowest BCUT2D eigenvalue weighted by Gasteiger charge is -2.17. The van der Waals surface area contributed by atoms with Crippen LogP contribution in [0.25, 0.3) is 0 Å². The van der Waals surface area contributed by atoms with Gasteiger partial charge in [-0.3, -0.25) is 24.2 Å². The summed E-state index contributed by atoms with van der Waals surface area (Å²) in [4.78, 5) is 44.5. The van der Waals surface area contributed by atoms with Crippen LogP contribution in [0.3, 0.4) is 0 Å². The number of hydrogen-bond donors (Lipinski definition) is 1. The molecular weight excluding hydrogens is 390 g/mol. The molecule has 0 saturated carbocycles. The van der Waals surface area contributed by atoms with Gasteiger partial charge in [0.15, 0.2) is 11.4 Å². The molecule has 2 aromatic carbocycles. The third-order valence-electron chi connectivity index (χ3n) is 5.15. The van der Waals surface area contributed by atoms with E-state index in [-0.39, 0.29) is 24.3 Å². The largest absolute Gasteiger partial charge is 0.369 e. The Kier molecular flexibility index (Phi) is 4.04. The molecule has 0 spiro atoms. The molecule has 29 heavy (non-hydrogen) atoms. The number of rotatable bonds is 4.